The number of thiophene rings is 1. The van der Waals surface area contributed by atoms with Crippen molar-refractivity contribution in [2.45, 2.75) is 52.1 Å². The molecule has 0 aliphatic heterocycles. The van der Waals surface area contributed by atoms with Gasteiger partial charge in [-0.25, -0.2) is 4.79 Å². The highest BCUT2D eigenvalue weighted by atomic mass is 35.5. The maximum Gasteiger partial charge on any atom is 0.573 e. The molecule has 11 heteroatoms. The van der Waals surface area contributed by atoms with E-state index < -0.39 is 29.7 Å². The third-order valence-electron chi connectivity index (χ3n) is 6.49. The summed E-state index contributed by atoms with van der Waals surface area (Å²) < 4.78 is 48.5. The number of carboxylic acid groups (broad SMARTS) is 1. The highest BCUT2D eigenvalue weighted by molar-refractivity contribution is 7.23. The first-order valence-electron chi connectivity index (χ1n) is 11.1. The number of alkyl halides is 3. The van der Waals surface area contributed by atoms with E-state index in [1.165, 1.54) is 35.6 Å². The van der Waals surface area contributed by atoms with E-state index in [0.717, 1.165) is 11.1 Å². The molecule has 1 amide bonds. The fourth-order valence-corrected chi connectivity index (χ4v) is 5.59. The van der Waals surface area contributed by atoms with Gasteiger partial charge < -0.3 is 19.9 Å². The summed E-state index contributed by atoms with van der Waals surface area (Å²) >= 11 is 7.65. The molecule has 1 fully saturated rings. The van der Waals surface area contributed by atoms with Crippen molar-refractivity contribution in [3.8, 4) is 11.5 Å². The zero-order valence-corrected chi connectivity index (χ0v) is 20.9. The van der Waals surface area contributed by atoms with E-state index >= 15 is 0 Å². The minimum atomic E-state index is -4.80. The van der Waals surface area contributed by atoms with Crippen LogP contribution < -0.4 is 14.8 Å². The molecule has 1 saturated carbocycles. The summed E-state index contributed by atoms with van der Waals surface area (Å²) in [7, 11) is 0. The summed E-state index contributed by atoms with van der Waals surface area (Å²) in [5.74, 6) is -1.84. The summed E-state index contributed by atoms with van der Waals surface area (Å²) in [4.78, 5) is 25.3. The van der Waals surface area contributed by atoms with Gasteiger partial charge in [0.15, 0.2) is 0 Å². The Labute approximate surface area is 214 Å². The predicted molar refractivity (Wildman–Crippen MR) is 130 cm³/mol. The van der Waals surface area contributed by atoms with E-state index in [1.54, 1.807) is 19.1 Å². The number of nitrogens with one attached hydrogen (secondary N) is 1. The number of aliphatic carboxylic acids is 1. The van der Waals surface area contributed by atoms with Gasteiger partial charge in [0.25, 0.3) is 5.91 Å². The van der Waals surface area contributed by atoms with E-state index in [1.807, 2.05) is 6.92 Å². The fourth-order valence-electron chi connectivity index (χ4n) is 4.31. The number of benzene rings is 2. The van der Waals surface area contributed by atoms with Gasteiger partial charge in [-0.1, -0.05) is 37.1 Å². The van der Waals surface area contributed by atoms with Crippen LogP contribution in [0.2, 0.25) is 4.34 Å². The third kappa shape index (κ3) is 5.39. The minimum absolute atomic E-state index is 0.0569. The van der Waals surface area contributed by atoms with Gasteiger partial charge in [-0.2, -0.15) is 0 Å². The molecule has 3 aromatic rings. The van der Waals surface area contributed by atoms with Gasteiger partial charge in [-0.3, -0.25) is 4.79 Å². The number of hydrogen-bond donors (Lipinski definition) is 2. The van der Waals surface area contributed by atoms with Crippen LogP contribution in [0.25, 0.3) is 10.1 Å². The Morgan fingerprint density at radius 3 is 2.42 bits per heavy atom. The number of hydrogen-bond acceptors (Lipinski definition) is 5. The predicted octanol–water partition coefficient (Wildman–Crippen LogP) is 6.71. The van der Waals surface area contributed by atoms with Crippen molar-refractivity contribution < 1.29 is 37.3 Å². The molecule has 192 valence electrons. The van der Waals surface area contributed by atoms with Crippen LogP contribution >= 0.6 is 22.9 Å². The molecule has 1 aromatic heterocycles. The molecule has 0 unspecified atom stereocenters. The first kappa shape index (κ1) is 26.1. The van der Waals surface area contributed by atoms with Gasteiger partial charge in [0.05, 0.1) is 9.90 Å². The second-order valence-corrected chi connectivity index (χ2v) is 10.7. The Balaban J connectivity index is 1.63. The molecule has 0 radical (unpaired) electrons. The number of carbonyl (C=O) groups is 2. The van der Waals surface area contributed by atoms with Crippen LogP contribution in [0.3, 0.4) is 0 Å². The quantitative estimate of drug-likeness (QED) is 0.331. The van der Waals surface area contributed by atoms with Crippen molar-refractivity contribution in [2.75, 3.05) is 0 Å². The van der Waals surface area contributed by atoms with E-state index in [-0.39, 0.29) is 23.7 Å². The SMILES string of the molecule is Cc1c(Cl)sc2ccc(C(=O)N[C@H](C(=O)O)C3(C)CCC3)c(OCc3ccc(OC(F)(F)F)cc3)c12. The van der Waals surface area contributed by atoms with Crippen molar-refractivity contribution >= 4 is 44.9 Å². The summed E-state index contributed by atoms with van der Waals surface area (Å²) in [5, 5.41) is 13.0. The highest BCUT2D eigenvalue weighted by Gasteiger charge is 2.45. The molecule has 0 saturated heterocycles. The molecule has 2 N–H and O–H groups in total. The number of amides is 1. The van der Waals surface area contributed by atoms with Crippen molar-refractivity contribution in [3.05, 3.63) is 57.4 Å². The number of rotatable bonds is 8. The van der Waals surface area contributed by atoms with Crippen LogP contribution in [0.5, 0.6) is 11.5 Å². The lowest BCUT2D eigenvalue weighted by atomic mass is 9.65. The summed E-state index contributed by atoms with van der Waals surface area (Å²) in [6, 6.07) is 7.41. The molecule has 0 bridgehead atoms. The minimum Gasteiger partial charge on any atom is -0.487 e. The van der Waals surface area contributed by atoms with Gasteiger partial charge in [0.1, 0.15) is 24.1 Å². The van der Waals surface area contributed by atoms with Gasteiger partial charge in [-0.15, -0.1) is 24.5 Å². The zero-order chi connectivity index (χ0) is 26.3. The number of fused-ring (bicyclic) bond motifs is 1. The Morgan fingerprint density at radius 2 is 1.86 bits per heavy atom. The van der Waals surface area contributed by atoms with Crippen LogP contribution in [0.1, 0.15) is 47.7 Å². The normalized spacial score (nSPS) is 15.7. The highest BCUT2D eigenvalue weighted by Crippen LogP contribution is 2.45. The van der Waals surface area contributed by atoms with Gasteiger partial charge >= 0.3 is 12.3 Å². The Bertz CT molecular complexity index is 1300. The van der Waals surface area contributed by atoms with Crippen molar-refractivity contribution in [1.29, 1.82) is 0 Å². The molecule has 2 aromatic carbocycles. The Kier molecular flexibility index (Phi) is 7.12. The monoisotopic (exact) mass is 541 g/mol. The summed E-state index contributed by atoms with van der Waals surface area (Å²) in [6.45, 7) is 3.57. The standard InChI is InChI=1S/C25H23ClF3NO5S/c1-13-18-17(36-21(13)26)9-8-16(22(31)30-20(23(32)33)24(2)10-3-11-24)19(18)34-12-14-4-6-15(7-5-14)35-25(27,28)29/h4-9,20H,3,10-12H2,1-2H3,(H,30,31)(H,32,33)/t20-/m1/s1. The van der Waals surface area contributed by atoms with E-state index in [9.17, 15) is 27.9 Å². The van der Waals surface area contributed by atoms with Gasteiger partial charge in [-0.05, 0) is 60.6 Å². The molecule has 1 aliphatic carbocycles. The van der Waals surface area contributed by atoms with Crippen molar-refractivity contribution in [1.82, 2.24) is 5.32 Å². The maximum absolute atomic E-state index is 13.3. The second-order valence-electron chi connectivity index (χ2n) is 9.05. The fraction of sp³-hybridized carbons (Fsp3) is 0.360. The first-order chi connectivity index (χ1) is 16.9. The van der Waals surface area contributed by atoms with Crippen LogP contribution in [0.15, 0.2) is 36.4 Å². The first-order valence-corrected chi connectivity index (χ1v) is 12.3. The average Bonchev–Trinajstić information content (AvgIpc) is 3.07. The van der Waals surface area contributed by atoms with E-state index in [2.05, 4.69) is 10.1 Å². The van der Waals surface area contributed by atoms with E-state index in [4.69, 9.17) is 16.3 Å². The summed E-state index contributed by atoms with van der Waals surface area (Å²) in [5.41, 5.74) is 0.855. The largest absolute Gasteiger partial charge is 0.573 e. The number of carbonyl (C=O) groups excluding carboxylic acids is 1. The Morgan fingerprint density at radius 1 is 1.19 bits per heavy atom. The molecule has 1 aliphatic rings. The van der Waals surface area contributed by atoms with Crippen LogP contribution in [0, 0.1) is 12.3 Å². The average molecular weight is 542 g/mol. The number of carboxylic acids is 1. The zero-order valence-electron chi connectivity index (χ0n) is 19.4. The van der Waals surface area contributed by atoms with Crippen molar-refractivity contribution in [2.24, 2.45) is 5.41 Å². The van der Waals surface area contributed by atoms with Crippen molar-refractivity contribution in [3.63, 3.8) is 0 Å². The smallest absolute Gasteiger partial charge is 0.487 e. The van der Waals surface area contributed by atoms with Crippen LogP contribution in [-0.2, 0) is 11.4 Å². The molecule has 6 nitrogen and oxygen atoms in total. The van der Waals surface area contributed by atoms with Gasteiger partial charge in [0, 0.05) is 10.1 Å². The molecular weight excluding hydrogens is 519 g/mol. The lowest BCUT2D eigenvalue weighted by molar-refractivity contribution is -0.274. The number of halogens is 4. The molecule has 1 atom stereocenters. The van der Waals surface area contributed by atoms with Gasteiger partial charge in [0.2, 0.25) is 0 Å². The maximum atomic E-state index is 13.3. The van der Waals surface area contributed by atoms with Crippen LogP contribution in [0.4, 0.5) is 13.2 Å². The molecule has 36 heavy (non-hydrogen) atoms. The second kappa shape index (κ2) is 9.82. The lowest BCUT2D eigenvalue weighted by Gasteiger charge is -2.43. The number of aryl methyl sites for hydroxylation is 1. The lowest BCUT2D eigenvalue weighted by Crippen LogP contribution is -2.54. The summed E-state index contributed by atoms with van der Waals surface area (Å²) in [6.07, 6.45) is -2.51. The number of ether oxygens (including phenoxy) is 2. The topological polar surface area (TPSA) is 84.9 Å². The van der Waals surface area contributed by atoms with E-state index in [0.29, 0.717) is 33.7 Å². The Hall–Kier alpha value is -2.98. The molecule has 0 spiro atoms. The molecule has 1 heterocycles. The molecular formula is C25H23ClF3NO5S. The van der Waals surface area contributed by atoms with Crippen LogP contribution in [-0.4, -0.2) is 29.4 Å². The third-order valence-corrected chi connectivity index (χ3v) is 8.05. The molecule has 4 rings (SSSR count).